The van der Waals surface area contributed by atoms with Crippen LogP contribution in [0.25, 0.3) is 0 Å². The quantitative estimate of drug-likeness (QED) is 0.704. The average Bonchev–Trinajstić information content (AvgIpc) is 2.45. The summed E-state index contributed by atoms with van der Waals surface area (Å²) in [6, 6.07) is 8.25. The van der Waals surface area contributed by atoms with Crippen LogP contribution in [0.2, 0.25) is 0 Å². The zero-order valence-electron chi connectivity index (χ0n) is 12.4. The molecule has 1 aromatic rings. The predicted molar refractivity (Wildman–Crippen MR) is 84.7 cm³/mol. The van der Waals surface area contributed by atoms with Crippen LogP contribution in [-0.2, 0) is 4.79 Å². The van der Waals surface area contributed by atoms with Crippen LogP contribution >= 0.6 is 0 Å². The normalized spacial score (nSPS) is 10.1. The number of hydrogen-bond acceptors (Lipinski definition) is 3. The Bertz CT molecular complexity index is 425. The molecule has 0 radical (unpaired) electrons. The third-order valence-electron chi connectivity index (χ3n) is 3.29. The molecule has 0 saturated heterocycles. The second-order valence-corrected chi connectivity index (χ2v) is 4.57. The Hall–Kier alpha value is -1.97. The van der Waals surface area contributed by atoms with Crippen molar-refractivity contribution in [1.82, 2.24) is 0 Å². The van der Waals surface area contributed by atoms with Gasteiger partial charge in [-0.05, 0) is 38.1 Å². The molecule has 0 unspecified atom stereocenters. The van der Waals surface area contributed by atoms with Gasteiger partial charge in [0, 0.05) is 37.6 Å². The van der Waals surface area contributed by atoms with Gasteiger partial charge in [0.15, 0.2) is 0 Å². The van der Waals surface area contributed by atoms with Crippen molar-refractivity contribution in [3.05, 3.63) is 36.9 Å². The fourth-order valence-electron chi connectivity index (χ4n) is 2.18. The molecule has 110 valence electrons. The zero-order chi connectivity index (χ0) is 15.0. The van der Waals surface area contributed by atoms with E-state index in [2.05, 4.69) is 37.5 Å². The van der Waals surface area contributed by atoms with E-state index in [4.69, 9.17) is 5.11 Å². The van der Waals surface area contributed by atoms with E-state index in [1.165, 1.54) is 5.69 Å². The number of benzene rings is 1. The molecule has 1 aromatic carbocycles. The topological polar surface area (TPSA) is 43.8 Å². The van der Waals surface area contributed by atoms with E-state index < -0.39 is 5.97 Å². The summed E-state index contributed by atoms with van der Waals surface area (Å²) in [5.74, 6) is -0.779. The summed E-state index contributed by atoms with van der Waals surface area (Å²) < 4.78 is 0. The van der Waals surface area contributed by atoms with Gasteiger partial charge in [0.25, 0.3) is 0 Å². The van der Waals surface area contributed by atoms with Gasteiger partial charge >= 0.3 is 5.97 Å². The van der Waals surface area contributed by atoms with E-state index in [0.29, 0.717) is 13.1 Å². The lowest BCUT2D eigenvalue weighted by Crippen LogP contribution is -2.26. The molecule has 0 aliphatic carbocycles. The van der Waals surface area contributed by atoms with Gasteiger partial charge in [-0.25, -0.2) is 0 Å². The van der Waals surface area contributed by atoms with Crippen molar-refractivity contribution >= 4 is 17.3 Å². The number of anilines is 2. The number of carboxylic acids is 1. The first-order valence-corrected chi connectivity index (χ1v) is 7.05. The Labute approximate surface area is 121 Å². The lowest BCUT2D eigenvalue weighted by atomic mass is 10.2. The van der Waals surface area contributed by atoms with Gasteiger partial charge in [-0.15, -0.1) is 6.58 Å². The van der Waals surface area contributed by atoms with Gasteiger partial charge in [-0.2, -0.15) is 0 Å². The molecule has 4 nitrogen and oxygen atoms in total. The van der Waals surface area contributed by atoms with E-state index in [1.54, 1.807) is 6.08 Å². The van der Waals surface area contributed by atoms with Crippen LogP contribution < -0.4 is 9.80 Å². The lowest BCUT2D eigenvalue weighted by molar-refractivity contribution is -0.136. The maximum absolute atomic E-state index is 10.7. The fourth-order valence-corrected chi connectivity index (χ4v) is 2.18. The number of hydrogen-bond donors (Lipinski definition) is 1. The highest BCUT2D eigenvalue weighted by atomic mass is 16.4. The van der Waals surface area contributed by atoms with Gasteiger partial charge < -0.3 is 14.9 Å². The highest BCUT2D eigenvalue weighted by Gasteiger charge is 2.08. The van der Waals surface area contributed by atoms with Crippen LogP contribution in [0.1, 0.15) is 20.3 Å². The first-order valence-electron chi connectivity index (χ1n) is 7.05. The van der Waals surface area contributed by atoms with Crippen molar-refractivity contribution in [3.8, 4) is 0 Å². The predicted octanol–water partition coefficient (Wildman–Crippen LogP) is 3.00. The SMILES string of the molecule is C=CCN(CCC(=O)O)c1ccc(N(CC)CC)cc1. The summed E-state index contributed by atoms with van der Waals surface area (Å²) in [7, 11) is 0. The number of carbonyl (C=O) groups is 1. The van der Waals surface area contributed by atoms with Crippen molar-refractivity contribution in [2.45, 2.75) is 20.3 Å². The summed E-state index contributed by atoms with van der Waals surface area (Å²) in [5.41, 5.74) is 2.22. The minimum Gasteiger partial charge on any atom is -0.481 e. The Morgan fingerprint density at radius 1 is 1.15 bits per heavy atom. The molecular formula is C16H24N2O2. The minimum atomic E-state index is -0.779. The lowest BCUT2D eigenvalue weighted by Gasteiger charge is -2.25. The van der Waals surface area contributed by atoms with Gasteiger partial charge in [0.2, 0.25) is 0 Å². The number of carboxylic acid groups (broad SMARTS) is 1. The van der Waals surface area contributed by atoms with Gasteiger partial charge in [0.05, 0.1) is 6.42 Å². The summed E-state index contributed by atoms with van der Waals surface area (Å²) in [5, 5.41) is 8.80. The molecule has 0 aromatic heterocycles. The molecular weight excluding hydrogens is 252 g/mol. The van der Waals surface area contributed by atoms with E-state index in [1.807, 2.05) is 17.0 Å². The second kappa shape index (κ2) is 8.25. The second-order valence-electron chi connectivity index (χ2n) is 4.57. The molecule has 0 saturated carbocycles. The van der Waals surface area contributed by atoms with Gasteiger partial charge in [-0.3, -0.25) is 4.79 Å². The standard InChI is InChI=1S/C16H24N2O2/c1-4-12-18(13-11-16(19)20)15-9-7-14(8-10-15)17(5-2)6-3/h4,7-10H,1,5-6,11-13H2,2-3H3,(H,19,20). The summed E-state index contributed by atoms with van der Waals surface area (Å²) >= 11 is 0. The molecule has 20 heavy (non-hydrogen) atoms. The van der Waals surface area contributed by atoms with Crippen LogP contribution in [0.3, 0.4) is 0 Å². The van der Waals surface area contributed by atoms with Crippen LogP contribution in [0.15, 0.2) is 36.9 Å². The molecule has 1 N–H and O–H groups in total. The third kappa shape index (κ3) is 4.61. The molecule has 0 aliphatic rings. The van der Waals surface area contributed by atoms with Crippen molar-refractivity contribution in [1.29, 1.82) is 0 Å². The number of aliphatic carboxylic acids is 1. The van der Waals surface area contributed by atoms with Crippen molar-refractivity contribution < 1.29 is 9.90 Å². The maximum atomic E-state index is 10.7. The highest BCUT2D eigenvalue weighted by molar-refractivity contribution is 5.68. The Morgan fingerprint density at radius 2 is 1.65 bits per heavy atom. The van der Waals surface area contributed by atoms with E-state index >= 15 is 0 Å². The zero-order valence-corrected chi connectivity index (χ0v) is 12.4. The van der Waals surface area contributed by atoms with Crippen LogP contribution in [-0.4, -0.2) is 37.3 Å². The largest absolute Gasteiger partial charge is 0.481 e. The van der Waals surface area contributed by atoms with Gasteiger partial charge in [-0.1, -0.05) is 6.08 Å². The van der Waals surface area contributed by atoms with E-state index in [9.17, 15) is 4.79 Å². The fraction of sp³-hybridized carbons (Fsp3) is 0.438. The first-order chi connectivity index (χ1) is 9.62. The molecule has 0 bridgehead atoms. The molecule has 0 fully saturated rings. The molecule has 0 amide bonds. The molecule has 0 aliphatic heterocycles. The molecule has 0 atom stereocenters. The smallest absolute Gasteiger partial charge is 0.305 e. The van der Waals surface area contributed by atoms with Gasteiger partial charge in [0.1, 0.15) is 0 Å². The molecule has 0 heterocycles. The first kappa shape index (κ1) is 16.1. The Balaban J connectivity index is 2.81. The summed E-state index contributed by atoms with van der Waals surface area (Å²) in [6.45, 7) is 11.1. The Morgan fingerprint density at radius 3 is 2.05 bits per heavy atom. The average molecular weight is 276 g/mol. The number of rotatable bonds is 9. The van der Waals surface area contributed by atoms with Crippen LogP contribution in [0.4, 0.5) is 11.4 Å². The van der Waals surface area contributed by atoms with Crippen molar-refractivity contribution in [2.75, 3.05) is 36.0 Å². The van der Waals surface area contributed by atoms with E-state index in [0.717, 1.165) is 18.8 Å². The van der Waals surface area contributed by atoms with Crippen LogP contribution in [0, 0.1) is 0 Å². The van der Waals surface area contributed by atoms with E-state index in [-0.39, 0.29) is 6.42 Å². The highest BCUT2D eigenvalue weighted by Crippen LogP contribution is 2.21. The van der Waals surface area contributed by atoms with Crippen molar-refractivity contribution in [2.24, 2.45) is 0 Å². The number of nitrogens with zero attached hydrogens (tertiary/aromatic N) is 2. The molecule has 4 heteroatoms. The Kier molecular flexibility index (Phi) is 6.64. The maximum Gasteiger partial charge on any atom is 0.305 e. The summed E-state index contributed by atoms with van der Waals surface area (Å²) in [4.78, 5) is 15.0. The van der Waals surface area contributed by atoms with Crippen molar-refractivity contribution in [3.63, 3.8) is 0 Å². The monoisotopic (exact) mass is 276 g/mol. The molecule has 0 spiro atoms. The van der Waals surface area contributed by atoms with Crippen LogP contribution in [0.5, 0.6) is 0 Å². The minimum absolute atomic E-state index is 0.131. The third-order valence-corrected chi connectivity index (χ3v) is 3.29. The summed E-state index contributed by atoms with van der Waals surface area (Å²) in [6.07, 6.45) is 1.92. The molecule has 1 rings (SSSR count).